The van der Waals surface area contributed by atoms with Crippen LogP contribution in [0.15, 0.2) is 64.3 Å². The lowest BCUT2D eigenvalue weighted by Gasteiger charge is -2.11. The first-order valence-corrected chi connectivity index (χ1v) is 11.0. The van der Waals surface area contributed by atoms with E-state index in [1.165, 1.54) is 17.3 Å². The largest absolute Gasteiger partial charge is 0.338 e. The predicted octanol–water partition coefficient (Wildman–Crippen LogP) is 5.48. The van der Waals surface area contributed by atoms with Crippen LogP contribution < -0.4 is 0 Å². The van der Waals surface area contributed by atoms with Gasteiger partial charge in [0, 0.05) is 22.5 Å². The minimum Gasteiger partial charge on any atom is -0.338 e. The van der Waals surface area contributed by atoms with Crippen molar-refractivity contribution >= 4 is 23.4 Å². The molecule has 8 heteroatoms. The summed E-state index contributed by atoms with van der Waals surface area (Å²) >= 11 is 7.60. The molecule has 0 saturated heterocycles. The topological polar surface area (TPSA) is 69.6 Å². The van der Waals surface area contributed by atoms with Gasteiger partial charge in [-0.2, -0.15) is 4.98 Å². The van der Waals surface area contributed by atoms with Crippen LogP contribution in [0.25, 0.3) is 5.69 Å². The molecule has 0 amide bonds. The number of benzene rings is 2. The maximum Gasteiger partial charge on any atom is 0.237 e. The average Bonchev–Trinajstić information content (AvgIpc) is 3.35. The highest BCUT2D eigenvalue weighted by Gasteiger charge is 2.22. The quantitative estimate of drug-likeness (QED) is 0.370. The molecule has 4 aromatic rings. The normalized spacial score (nSPS) is 11.7. The Kier molecular flexibility index (Phi) is 5.92. The molecule has 0 atom stereocenters. The summed E-state index contributed by atoms with van der Waals surface area (Å²) in [6.45, 7) is 6.17. The number of hydrogen-bond acceptors (Lipinski definition) is 6. The van der Waals surface area contributed by atoms with Gasteiger partial charge in [-0.15, -0.1) is 10.2 Å². The third-order valence-corrected chi connectivity index (χ3v) is 5.62. The van der Waals surface area contributed by atoms with Gasteiger partial charge in [-0.3, -0.25) is 4.57 Å². The summed E-state index contributed by atoms with van der Waals surface area (Å²) in [6.07, 6.45) is 0.672. The number of hydrogen-bond donors (Lipinski definition) is 0. The fraction of sp³-hybridized carbons (Fsp3) is 0.273. The zero-order valence-electron chi connectivity index (χ0n) is 17.0. The van der Waals surface area contributed by atoms with Crippen molar-refractivity contribution < 1.29 is 4.52 Å². The third-order valence-electron chi connectivity index (χ3n) is 4.45. The Balaban J connectivity index is 1.62. The van der Waals surface area contributed by atoms with Crippen molar-refractivity contribution in [3.05, 3.63) is 82.7 Å². The van der Waals surface area contributed by atoms with E-state index in [1.807, 2.05) is 42.5 Å². The van der Waals surface area contributed by atoms with Crippen LogP contribution >= 0.6 is 23.4 Å². The summed E-state index contributed by atoms with van der Waals surface area (Å²) in [4.78, 5) is 4.51. The van der Waals surface area contributed by atoms with E-state index in [4.69, 9.17) is 16.1 Å². The highest BCUT2D eigenvalue weighted by Crippen LogP contribution is 2.27. The molecule has 0 radical (unpaired) electrons. The van der Waals surface area contributed by atoms with Gasteiger partial charge in [0.05, 0.1) is 5.75 Å². The van der Waals surface area contributed by atoms with Gasteiger partial charge in [0.1, 0.15) is 5.82 Å². The van der Waals surface area contributed by atoms with Gasteiger partial charge in [-0.05, 0) is 29.8 Å². The van der Waals surface area contributed by atoms with Crippen LogP contribution in [0.2, 0.25) is 5.02 Å². The zero-order valence-corrected chi connectivity index (χ0v) is 18.6. The second kappa shape index (κ2) is 8.62. The van der Waals surface area contributed by atoms with Crippen LogP contribution in [-0.2, 0) is 17.6 Å². The Labute approximate surface area is 184 Å². The molecular formula is C22H22ClN5OS. The minimum absolute atomic E-state index is 0.154. The van der Waals surface area contributed by atoms with Crippen LogP contribution in [0.4, 0.5) is 0 Å². The number of aromatic nitrogens is 5. The molecule has 0 fully saturated rings. The summed E-state index contributed by atoms with van der Waals surface area (Å²) in [5.41, 5.74) is 1.97. The van der Waals surface area contributed by atoms with Crippen LogP contribution in [-0.4, -0.2) is 24.9 Å². The van der Waals surface area contributed by atoms with Crippen molar-refractivity contribution in [1.29, 1.82) is 0 Å². The molecule has 0 aliphatic heterocycles. The lowest BCUT2D eigenvalue weighted by molar-refractivity contribution is 0.372. The zero-order chi connectivity index (χ0) is 21.1. The van der Waals surface area contributed by atoms with Gasteiger partial charge in [0.15, 0.2) is 11.0 Å². The Morgan fingerprint density at radius 2 is 1.73 bits per heavy atom. The Morgan fingerprint density at radius 3 is 2.40 bits per heavy atom. The highest BCUT2D eigenvalue weighted by atomic mass is 35.5. The Morgan fingerprint density at radius 1 is 1.00 bits per heavy atom. The lowest BCUT2D eigenvalue weighted by Crippen LogP contribution is -2.13. The van der Waals surface area contributed by atoms with Crippen molar-refractivity contribution in [1.82, 2.24) is 24.9 Å². The summed E-state index contributed by atoms with van der Waals surface area (Å²) < 4.78 is 7.47. The molecule has 0 unspecified atom stereocenters. The molecule has 0 bridgehead atoms. The molecule has 0 N–H and O–H groups in total. The summed E-state index contributed by atoms with van der Waals surface area (Å²) in [5.74, 6) is 2.63. The molecule has 0 aliphatic rings. The molecule has 0 aliphatic carbocycles. The molecule has 4 rings (SSSR count). The third kappa shape index (κ3) is 4.74. The van der Waals surface area contributed by atoms with Gasteiger partial charge in [-0.1, -0.05) is 79.6 Å². The maximum absolute atomic E-state index is 6.09. The van der Waals surface area contributed by atoms with Crippen LogP contribution in [0.3, 0.4) is 0 Å². The van der Waals surface area contributed by atoms with Gasteiger partial charge >= 0.3 is 0 Å². The van der Waals surface area contributed by atoms with Crippen molar-refractivity contribution in [2.24, 2.45) is 0 Å². The second-order valence-corrected chi connectivity index (χ2v) is 9.30. The monoisotopic (exact) mass is 439 g/mol. The van der Waals surface area contributed by atoms with Crippen molar-refractivity contribution in [3.63, 3.8) is 0 Å². The van der Waals surface area contributed by atoms with E-state index in [-0.39, 0.29) is 5.41 Å². The van der Waals surface area contributed by atoms with E-state index in [1.54, 1.807) is 0 Å². The molecular weight excluding hydrogens is 418 g/mol. The van der Waals surface area contributed by atoms with Crippen LogP contribution in [0.5, 0.6) is 0 Å². The Hall–Kier alpha value is -2.64. The fourth-order valence-corrected chi connectivity index (χ4v) is 3.81. The van der Waals surface area contributed by atoms with E-state index in [0.29, 0.717) is 28.9 Å². The summed E-state index contributed by atoms with van der Waals surface area (Å²) in [5, 5.41) is 14.4. The summed E-state index contributed by atoms with van der Waals surface area (Å²) in [7, 11) is 0. The first-order valence-electron chi connectivity index (χ1n) is 9.60. The molecule has 2 aromatic carbocycles. The van der Waals surface area contributed by atoms with E-state index >= 15 is 0 Å². The highest BCUT2D eigenvalue weighted by molar-refractivity contribution is 7.98. The summed E-state index contributed by atoms with van der Waals surface area (Å²) in [6, 6.07) is 17.9. The van der Waals surface area contributed by atoms with Crippen molar-refractivity contribution in [2.45, 2.75) is 43.5 Å². The second-order valence-electron chi connectivity index (χ2n) is 7.92. The van der Waals surface area contributed by atoms with Gasteiger partial charge < -0.3 is 4.52 Å². The maximum atomic E-state index is 6.09. The number of thioether (sulfide) groups is 1. The van der Waals surface area contributed by atoms with Gasteiger partial charge in [0.2, 0.25) is 5.89 Å². The lowest BCUT2D eigenvalue weighted by atomic mass is 9.96. The molecule has 6 nitrogen and oxygen atoms in total. The van der Waals surface area contributed by atoms with Crippen molar-refractivity contribution in [2.75, 3.05) is 0 Å². The van der Waals surface area contributed by atoms with E-state index < -0.39 is 0 Å². The van der Waals surface area contributed by atoms with Gasteiger partial charge in [-0.25, -0.2) is 0 Å². The number of halogens is 1. The fourth-order valence-electron chi connectivity index (χ4n) is 2.88. The van der Waals surface area contributed by atoms with Crippen molar-refractivity contribution in [3.8, 4) is 5.69 Å². The van der Waals surface area contributed by atoms with E-state index in [2.05, 4.69) is 57.8 Å². The molecule has 0 saturated carbocycles. The van der Waals surface area contributed by atoms with Gasteiger partial charge in [0.25, 0.3) is 0 Å². The van der Waals surface area contributed by atoms with Crippen LogP contribution in [0.1, 0.15) is 43.9 Å². The number of nitrogens with zero attached hydrogens (tertiary/aromatic N) is 5. The minimum atomic E-state index is -0.154. The molecule has 2 heterocycles. The SMILES string of the molecule is CC(C)(C)c1noc(CSc2nnc(Cc3ccccc3)n2-c2ccc(Cl)cc2)n1. The molecule has 0 spiro atoms. The molecule has 30 heavy (non-hydrogen) atoms. The first kappa shape index (κ1) is 20.6. The molecule has 2 aromatic heterocycles. The first-order chi connectivity index (χ1) is 14.4. The average molecular weight is 440 g/mol. The number of rotatable bonds is 6. The standard InChI is InChI=1S/C22H22ClN5OS/c1-22(2,3)20-24-19(29-27-20)14-30-21-26-25-18(13-15-7-5-4-6-8-15)28(21)17-11-9-16(23)10-12-17/h4-12H,13-14H2,1-3H3. The Bertz CT molecular complexity index is 1120. The molecule has 154 valence electrons. The predicted molar refractivity (Wildman–Crippen MR) is 118 cm³/mol. The van der Waals surface area contributed by atoms with E-state index in [9.17, 15) is 0 Å². The van der Waals surface area contributed by atoms with E-state index in [0.717, 1.165) is 16.7 Å². The van der Waals surface area contributed by atoms with Crippen LogP contribution in [0, 0.1) is 0 Å². The smallest absolute Gasteiger partial charge is 0.237 e.